The molecule has 1 aromatic carbocycles. The molecule has 6 heteroatoms. The Morgan fingerprint density at radius 1 is 1.53 bits per heavy atom. The van der Waals surface area contributed by atoms with Gasteiger partial charge in [0, 0.05) is 5.75 Å². The molecule has 0 bridgehead atoms. The van der Waals surface area contributed by atoms with Crippen molar-refractivity contribution in [3.63, 3.8) is 0 Å². The number of aromatic amines is 1. The summed E-state index contributed by atoms with van der Waals surface area (Å²) in [6.45, 7) is 1.91. The third-order valence-corrected chi connectivity index (χ3v) is 3.27. The molecule has 0 saturated heterocycles. The summed E-state index contributed by atoms with van der Waals surface area (Å²) in [5.41, 5.74) is 2.38. The van der Waals surface area contributed by atoms with E-state index in [1.807, 2.05) is 13.0 Å². The number of benzene rings is 1. The normalized spacial score (nSPS) is 10.4. The van der Waals surface area contributed by atoms with Gasteiger partial charge in [-0.25, -0.2) is 9.78 Å². The average molecular weight is 249 g/mol. The highest BCUT2D eigenvalue weighted by Gasteiger charge is 2.06. The molecular weight excluding hydrogens is 238 g/mol. The zero-order valence-corrected chi connectivity index (χ0v) is 9.99. The van der Waals surface area contributed by atoms with Crippen LogP contribution in [0.2, 0.25) is 0 Å². The molecule has 5 nitrogen and oxygen atoms in total. The van der Waals surface area contributed by atoms with E-state index in [9.17, 15) is 4.79 Å². The number of H-pyrrole nitrogens is 1. The van der Waals surface area contributed by atoms with Crippen molar-refractivity contribution in [1.29, 1.82) is 0 Å². The molecule has 0 saturated carbocycles. The average Bonchev–Trinajstić information content (AvgIpc) is 2.80. The van der Waals surface area contributed by atoms with E-state index in [-0.39, 0.29) is 0 Å². The van der Waals surface area contributed by atoms with Crippen LogP contribution in [-0.2, 0) is 5.75 Å². The fraction of sp³-hybridized carbons (Fsp3) is 0.182. The maximum Gasteiger partial charge on any atom is 0.335 e. The van der Waals surface area contributed by atoms with Crippen molar-refractivity contribution < 1.29 is 9.90 Å². The first kappa shape index (κ1) is 11.7. The van der Waals surface area contributed by atoms with Crippen molar-refractivity contribution >= 4 is 17.7 Å². The van der Waals surface area contributed by atoms with Gasteiger partial charge in [-0.2, -0.15) is 5.10 Å². The summed E-state index contributed by atoms with van der Waals surface area (Å²) in [4.78, 5) is 14.8. The Balaban J connectivity index is 2.09. The Morgan fingerprint density at radius 2 is 2.35 bits per heavy atom. The highest BCUT2D eigenvalue weighted by atomic mass is 32.2. The van der Waals surface area contributed by atoms with E-state index in [0.29, 0.717) is 5.56 Å². The maximum absolute atomic E-state index is 10.8. The van der Waals surface area contributed by atoms with Crippen molar-refractivity contribution in [3.05, 3.63) is 41.2 Å². The van der Waals surface area contributed by atoms with Crippen molar-refractivity contribution in [3.8, 4) is 0 Å². The number of carboxylic acids is 1. The Kier molecular flexibility index (Phi) is 3.43. The first-order valence-corrected chi connectivity index (χ1v) is 5.96. The number of aryl methyl sites for hydroxylation is 1. The molecule has 2 rings (SSSR count). The molecule has 0 unspecified atom stereocenters. The van der Waals surface area contributed by atoms with E-state index >= 15 is 0 Å². The minimum atomic E-state index is -0.900. The molecule has 2 aromatic rings. The van der Waals surface area contributed by atoms with Crippen LogP contribution in [0.3, 0.4) is 0 Å². The predicted octanol–water partition coefficient (Wildman–Crippen LogP) is 2.10. The van der Waals surface area contributed by atoms with E-state index in [2.05, 4.69) is 15.2 Å². The lowest BCUT2D eigenvalue weighted by Gasteiger charge is -2.05. The van der Waals surface area contributed by atoms with Gasteiger partial charge in [-0.05, 0) is 30.2 Å². The Hall–Kier alpha value is -1.82. The topological polar surface area (TPSA) is 78.9 Å². The molecule has 0 aliphatic carbocycles. The molecule has 0 atom stereocenters. The van der Waals surface area contributed by atoms with Gasteiger partial charge < -0.3 is 5.11 Å². The fourth-order valence-corrected chi connectivity index (χ4v) is 2.26. The Labute approximate surface area is 102 Å². The number of hydrogen-bond acceptors (Lipinski definition) is 4. The number of nitrogens with one attached hydrogen (secondary N) is 1. The van der Waals surface area contributed by atoms with Crippen LogP contribution >= 0.6 is 11.8 Å². The van der Waals surface area contributed by atoms with E-state index in [0.717, 1.165) is 22.0 Å². The maximum atomic E-state index is 10.8. The molecule has 2 N–H and O–H groups in total. The van der Waals surface area contributed by atoms with Crippen LogP contribution in [0.25, 0.3) is 0 Å². The number of hydrogen-bond donors (Lipinski definition) is 2. The number of thioether (sulfide) groups is 1. The second-order valence-corrected chi connectivity index (χ2v) is 4.49. The van der Waals surface area contributed by atoms with Gasteiger partial charge in [0.2, 0.25) is 0 Å². The van der Waals surface area contributed by atoms with Gasteiger partial charge in [0.15, 0.2) is 5.16 Å². The second-order valence-electron chi connectivity index (χ2n) is 3.53. The summed E-state index contributed by atoms with van der Waals surface area (Å²) < 4.78 is 0. The SMILES string of the molecule is Cc1cc(C(=O)O)ccc1CSc1ncn[nH]1. The van der Waals surface area contributed by atoms with Crippen LogP contribution in [0.5, 0.6) is 0 Å². The largest absolute Gasteiger partial charge is 0.478 e. The van der Waals surface area contributed by atoms with Crippen LogP contribution < -0.4 is 0 Å². The monoisotopic (exact) mass is 249 g/mol. The van der Waals surface area contributed by atoms with Crippen molar-refractivity contribution in [2.24, 2.45) is 0 Å². The van der Waals surface area contributed by atoms with Crippen LogP contribution in [0.15, 0.2) is 29.7 Å². The molecule has 17 heavy (non-hydrogen) atoms. The van der Waals surface area contributed by atoms with E-state index in [4.69, 9.17) is 5.11 Å². The summed E-state index contributed by atoms with van der Waals surface area (Å²) in [6.07, 6.45) is 1.46. The number of aromatic carboxylic acids is 1. The molecule has 0 amide bonds. The van der Waals surface area contributed by atoms with E-state index in [1.54, 1.807) is 12.1 Å². The van der Waals surface area contributed by atoms with Crippen molar-refractivity contribution in [1.82, 2.24) is 15.2 Å². The van der Waals surface area contributed by atoms with Crippen LogP contribution in [0.4, 0.5) is 0 Å². The van der Waals surface area contributed by atoms with Crippen molar-refractivity contribution in [2.75, 3.05) is 0 Å². The van der Waals surface area contributed by atoms with E-state index < -0.39 is 5.97 Å². The smallest absolute Gasteiger partial charge is 0.335 e. The number of carbonyl (C=O) groups is 1. The highest BCUT2D eigenvalue weighted by molar-refractivity contribution is 7.98. The van der Waals surface area contributed by atoms with Crippen LogP contribution in [-0.4, -0.2) is 26.3 Å². The third-order valence-electron chi connectivity index (χ3n) is 2.35. The minimum Gasteiger partial charge on any atom is -0.478 e. The molecule has 1 aromatic heterocycles. The molecule has 1 heterocycles. The lowest BCUT2D eigenvalue weighted by molar-refractivity contribution is 0.0697. The first-order valence-electron chi connectivity index (χ1n) is 4.98. The molecule has 0 fully saturated rings. The molecule has 0 aliphatic heterocycles. The first-order chi connectivity index (χ1) is 8.16. The van der Waals surface area contributed by atoms with Crippen molar-refractivity contribution in [2.45, 2.75) is 17.8 Å². The Morgan fingerprint density at radius 3 is 2.94 bits per heavy atom. The standard InChI is InChI=1S/C11H11N3O2S/c1-7-4-8(10(15)16)2-3-9(7)5-17-11-12-6-13-14-11/h2-4,6H,5H2,1H3,(H,15,16)(H,12,13,14). The zero-order chi connectivity index (χ0) is 12.3. The van der Waals surface area contributed by atoms with Gasteiger partial charge in [-0.15, -0.1) is 0 Å². The number of rotatable bonds is 4. The zero-order valence-electron chi connectivity index (χ0n) is 9.17. The quantitative estimate of drug-likeness (QED) is 0.811. The summed E-state index contributed by atoms with van der Waals surface area (Å²) in [7, 11) is 0. The third kappa shape index (κ3) is 2.85. The van der Waals surface area contributed by atoms with Crippen LogP contribution in [0.1, 0.15) is 21.5 Å². The van der Waals surface area contributed by atoms with Gasteiger partial charge in [0.1, 0.15) is 6.33 Å². The lowest BCUT2D eigenvalue weighted by Crippen LogP contribution is -1.98. The summed E-state index contributed by atoms with van der Waals surface area (Å²) >= 11 is 1.53. The number of aromatic nitrogens is 3. The van der Waals surface area contributed by atoms with E-state index in [1.165, 1.54) is 18.1 Å². The summed E-state index contributed by atoms with van der Waals surface area (Å²) in [6, 6.07) is 5.13. The molecular formula is C11H11N3O2S. The fourth-order valence-electron chi connectivity index (χ4n) is 1.40. The number of nitrogens with zero attached hydrogens (tertiary/aromatic N) is 2. The van der Waals surface area contributed by atoms with Gasteiger partial charge in [0.25, 0.3) is 0 Å². The molecule has 0 radical (unpaired) electrons. The van der Waals surface area contributed by atoms with Gasteiger partial charge >= 0.3 is 5.97 Å². The summed E-state index contributed by atoms with van der Waals surface area (Å²) in [5.74, 6) is -0.163. The minimum absolute atomic E-state index is 0.316. The highest BCUT2D eigenvalue weighted by Crippen LogP contribution is 2.21. The second kappa shape index (κ2) is 5.01. The van der Waals surface area contributed by atoms with Gasteiger partial charge in [0.05, 0.1) is 5.56 Å². The Bertz CT molecular complexity index is 526. The molecule has 0 aliphatic rings. The summed E-state index contributed by atoms with van der Waals surface area (Å²) in [5, 5.41) is 16.1. The lowest BCUT2D eigenvalue weighted by atomic mass is 10.1. The van der Waals surface area contributed by atoms with Gasteiger partial charge in [-0.1, -0.05) is 17.8 Å². The predicted molar refractivity (Wildman–Crippen MR) is 64.1 cm³/mol. The number of carboxylic acid groups (broad SMARTS) is 1. The van der Waals surface area contributed by atoms with Gasteiger partial charge in [-0.3, -0.25) is 5.10 Å². The van der Waals surface area contributed by atoms with Crippen LogP contribution in [0, 0.1) is 6.92 Å². The molecule has 88 valence electrons. The molecule has 0 spiro atoms.